The predicted molar refractivity (Wildman–Crippen MR) is 163 cm³/mol. The van der Waals surface area contributed by atoms with Crippen molar-refractivity contribution in [3.05, 3.63) is 87.9 Å². The zero-order chi connectivity index (χ0) is 30.3. The number of hydrogen-bond acceptors (Lipinski definition) is 5. The van der Waals surface area contributed by atoms with Crippen LogP contribution in [0.25, 0.3) is 0 Å². The van der Waals surface area contributed by atoms with Crippen LogP contribution in [-0.2, 0) is 26.2 Å². The molecule has 2 amide bonds. The highest BCUT2D eigenvalue weighted by Crippen LogP contribution is 2.27. The zero-order valence-electron chi connectivity index (χ0n) is 23.7. The quantitative estimate of drug-likeness (QED) is 0.275. The molecule has 0 spiro atoms. The number of hydrogen-bond donors (Lipinski definition) is 1. The molecule has 8 nitrogen and oxygen atoms in total. The maximum atomic E-state index is 14.0. The van der Waals surface area contributed by atoms with Gasteiger partial charge in [0.05, 0.1) is 17.7 Å². The topological polar surface area (TPSA) is 96.0 Å². The van der Waals surface area contributed by atoms with Gasteiger partial charge in [-0.2, -0.15) is 0 Å². The summed E-state index contributed by atoms with van der Waals surface area (Å²) in [4.78, 5) is 28.5. The number of sulfonamides is 1. The molecule has 3 aromatic carbocycles. The second-order valence-corrected chi connectivity index (χ2v) is 12.5. The lowest BCUT2D eigenvalue weighted by molar-refractivity contribution is -0.139. The van der Waals surface area contributed by atoms with E-state index in [-0.39, 0.29) is 23.4 Å². The minimum absolute atomic E-state index is 0.0125. The third kappa shape index (κ3) is 8.15. The van der Waals surface area contributed by atoms with Gasteiger partial charge >= 0.3 is 0 Å². The number of ether oxygens (including phenoxy) is 1. The molecule has 0 fully saturated rings. The molecule has 0 aliphatic carbocycles. The third-order valence-corrected chi connectivity index (χ3v) is 9.15. The van der Waals surface area contributed by atoms with Crippen molar-refractivity contribution in [1.29, 1.82) is 0 Å². The highest BCUT2D eigenvalue weighted by Gasteiger charge is 2.33. The smallest absolute Gasteiger partial charge is 0.264 e. The largest absolute Gasteiger partial charge is 0.497 e. The first-order valence-electron chi connectivity index (χ1n) is 13.1. The highest BCUT2D eigenvalue weighted by molar-refractivity contribution is 7.92. The fourth-order valence-electron chi connectivity index (χ4n) is 4.00. The second-order valence-electron chi connectivity index (χ2n) is 9.77. The van der Waals surface area contributed by atoms with Gasteiger partial charge in [0.15, 0.2) is 0 Å². The Kier molecular flexibility index (Phi) is 11.1. The van der Waals surface area contributed by atoms with Crippen LogP contribution in [0.1, 0.15) is 38.3 Å². The molecule has 3 rings (SSSR count). The Morgan fingerprint density at radius 2 is 1.61 bits per heavy atom. The first-order chi connectivity index (χ1) is 19.4. The summed E-state index contributed by atoms with van der Waals surface area (Å²) in [5.41, 5.74) is 1.80. The van der Waals surface area contributed by atoms with Crippen LogP contribution in [0.5, 0.6) is 5.75 Å². The second kappa shape index (κ2) is 14.1. The van der Waals surface area contributed by atoms with E-state index in [9.17, 15) is 18.0 Å². The normalized spacial score (nSPS) is 12.8. The van der Waals surface area contributed by atoms with Crippen molar-refractivity contribution in [3.8, 4) is 5.75 Å². The molecule has 3 aromatic rings. The summed E-state index contributed by atoms with van der Waals surface area (Å²) in [7, 11) is -2.70. The van der Waals surface area contributed by atoms with E-state index >= 15 is 0 Å². The fourth-order valence-corrected chi connectivity index (χ4v) is 5.88. The predicted octanol–water partition coefficient (Wildman–Crippen LogP) is 5.84. The molecule has 0 saturated heterocycles. The minimum Gasteiger partial charge on any atom is -0.497 e. The van der Waals surface area contributed by atoms with Crippen LogP contribution < -0.4 is 14.4 Å². The van der Waals surface area contributed by atoms with Crippen molar-refractivity contribution in [2.75, 3.05) is 18.0 Å². The van der Waals surface area contributed by atoms with E-state index in [1.165, 1.54) is 36.3 Å². The van der Waals surface area contributed by atoms with Crippen molar-refractivity contribution in [3.63, 3.8) is 0 Å². The molecule has 11 heteroatoms. The average Bonchev–Trinajstić information content (AvgIpc) is 2.95. The van der Waals surface area contributed by atoms with Crippen LogP contribution in [0, 0.1) is 6.92 Å². The molecule has 0 saturated carbocycles. The molecule has 0 radical (unpaired) electrons. The number of anilines is 1. The molecule has 0 bridgehead atoms. The summed E-state index contributed by atoms with van der Waals surface area (Å²) >= 11 is 12.5. The first kappa shape index (κ1) is 32.2. The Bertz CT molecular complexity index is 1460. The van der Waals surface area contributed by atoms with Gasteiger partial charge in [-0.15, -0.1) is 0 Å². The van der Waals surface area contributed by atoms with Crippen LogP contribution in [0.3, 0.4) is 0 Å². The summed E-state index contributed by atoms with van der Waals surface area (Å²) in [6, 6.07) is 16.6. The maximum Gasteiger partial charge on any atom is 0.264 e. The molecule has 2 unspecified atom stereocenters. The Morgan fingerprint density at radius 3 is 2.17 bits per heavy atom. The van der Waals surface area contributed by atoms with Crippen molar-refractivity contribution >= 4 is 50.7 Å². The Labute approximate surface area is 252 Å². The lowest BCUT2D eigenvalue weighted by atomic mass is 10.1. The molecule has 2 atom stereocenters. The first-order valence-corrected chi connectivity index (χ1v) is 15.3. The van der Waals surface area contributed by atoms with Crippen molar-refractivity contribution in [2.24, 2.45) is 0 Å². The van der Waals surface area contributed by atoms with Gasteiger partial charge in [-0.05, 0) is 81.3 Å². The maximum absolute atomic E-state index is 14.0. The van der Waals surface area contributed by atoms with E-state index in [0.717, 1.165) is 9.87 Å². The number of rotatable bonds is 12. The van der Waals surface area contributed by atoms with Crippen LogP contribution in [0.2, 0.25) is 10.0 Å². The molecule has 0 aliphatic rings. The van der Waals surface area contributed by atoms with Crippen LogP contribution >= 0.6 is 23.2 Å². The Hall–Kier alpha value is -3.27. The number of halogens is 2. The molecule has 1 N–H and O–H groups in total. The monoisotopic (exact) mass is 619 g/mol. The van der Waals surface area contributed by atoms with Gasteiger partial charge in [-0.1, -0.05) is 53.9 Å². The SMILES string of the molecule is CCC(C)NC(=O)C(C)N(Cc1ccc(Cl)cc1Cl)C(=O)CN(c1ccc(C)cc1)S(=O)(=O)c1ccc(OC)cc1. The number of aryl methyl sites for hydroxylation is 1. The lowest BCUT2D eigenvalue weighted by Gasteiger charge is -2.32. The van der Waals surface area contributed by atoms with Gasteiger partial charge in [0, 0.05) is 22.6 Å². The Morgan fingerprint density at radius 1 is 0.976 bits per heavy atom. The summed E-state index contributed by atoms with van der Waals surface area (Å²) in [6.07, 6.45) is 0.705. The summed E-state index contributed by atoms with van der Waals surface area (Å²) < 4.78 is 34.0. The van der Waals surface area contributed by atoms with Crippen LogP contribution in [0.15, 0.2) is 71.6 Å². The molecule has 0 aliphatic heterocycles. The van der Waals surface area contributed by atoms with Gasteiger partial charge in [-0.3, -0.25) is 13.9 Å². The fraction of sp³-hybridized carbons (Fsp3) is 0.333. The third-order valence-electron chi connectivity index (χ3n) is 6.77. The summed E-state index contributed by atoms with van der Waals surface area (Å²) in [5, 5.41) is 3.65. The number of benzene rings is 3. The van der Waals surface area contributed by atoms with Gasteiger partial charge in [0.2, 0.25) is 11.8 Å². The number of nitrogens with one attached hydrogen (secondary N) is 1. The number of nitrogens with zero attached hydrogens (tertiary/aromatic N) is 2. The van der Waals surface area contributed by atoms with Gasteiger partial charge < -0.3 is 15.0 Å². The molecule has 0 heterocycles. The van der Waals surface area contributed by atoms with Gasteiger partial charge in [0.25, 0.3) is 10.0 Å². The van der Waals surface area contributed by atoms with E-state index in [1.807, 2.05) is 20.8 Å². The van der Waals surface area contributed by atoms with Crippen LogP contribution in [-0.4, -0.2) is 50.9 Å². The van der Waals surface area contributed by atoms with E-state index in [1.54, 1.807) is 49.4 Å². The van der Waals surface area contributed by atoms with E-state index < -0.39 is 28.5 Å². The number of amides is 2. The van der Waals surface area contributed by atoms with Crippen molar-refractivity contribution in [2.45, 2.75) is 57.6 Å². The average molecular weight is 621 g/mol. The standard InChI is InChI=1S/C30H35Cl2N3O5S/c1-6-21(3)33-30(37)22(4)34(18-23-9-10-24(31)17-28(23)32)29(36)19-35(25-11-7-20(2)8-12-25)41(38,39)27-15-13-26(40-5)14-16-27/h7-17,21-22H,6,18-19H2,1-5H3,(H,33,37). The minimum atomic E-state index is -4.19. The molecular weight excluding hydrogens is 585 g/mol. The zero-order valence-corrected chi connectivity index (χ0v) is 26.1. The van der Waals surface area contributed by atoms with E-state index in [2.05, 4.69) is 5.32 Å². The van der Waals surface area contributed by atoms with Crippen LogP contribution in [0.4, 0.5) is 5.69 Å². The highest BCUT2D eigenvalue weighted by atomic mass is 35.5. The Balaban J connectivity index is 2.04. The lowest BCUT2D eigenvalue weighted by Crippen LogP contribution is -2.52. The number of methoxy groups -OCH3 is 1. The van der Waals surface area contributed by atoms with E-state index in [4.69, 9.17) is 27.9 Å². The van der Waals surface area contributed by atoms with Crippen molar-refractivity contribution < 1.29 is 22.7 Å². The molecule has 0 aromatic heterocycles. The number of carbonyl (C=O) groups excluding carboxylic acids is 2. The van der Waals surface area contributed by atoms with E-state index in [0.29, 0.717) is 33.5 Å². The summed E-state index contributed by atoms with van der Waals surface area (Å²) in [6.45, 7) is 6.71. The molecule has 220 valence electrons. The number of carbonyl (C=O) groups is 2. The van der Waals surface area contributed by atoms with Crippen molar-refractivity contribution in [1.82, 2.24) is 10.2 Å². The van der Waals surface area contributed by atoms with Gasteiger partial charge in [-0.25, -0.2) is 8.42 Å². The molecular formula is C30H35Cl2N3O5S. The molecule has 41 heavy (non-hydrogen) atoms. The van der Waals surface area contributed by atoms with Gasteiger partial charge in [0.1, 0.15) is 18.3 Å². The summed E-state index contributed by atoms with van der Waals surface area (Å²) in [5.74, 6) is -0.452.